The van der Waals surface area contributed by atoms with E-state index in [-0.39, 0.29) is 5.75 Å². The van der Waals surface area contributed by atoms with E-state index < -0.39 is 10.0 Å². The zero-order valence-corrected chi connectivity index (χ0v) is 14.9. The first kappa shape index (κ1) is 17.3. The van der Waals surface area contributed by atoms with Gasteiger partial charge in [-0.25, -0.2) is 13.1 Å². The Kier molecular flexibility index (Phi) is 5.43. The van der Waals surface area contributed by atoms with E-state index in [1.54, 1.807) is 24.3 Å². The summed E-state index contributed by atoms with van der Waals surface area (Å²) in [4.78, 5) is 2.30. The van der Waals surface area contributed by atoms with Gasteiger partial charge in [-0.1, -0.05) is 48.0 Å². The standard InChI is InChI=1S/C18H21ClN2O2S/c19-18-9-5-4-6-16(18)14-24(22,23)20-12-15-10-11-21(13-15)17-7-2-1-3-8-17/h1-9,15,20H,10-14H2. The molecule has 1 heterocycles. The lowest BCUT2D eigenvalue weighted by Crippen LogP contribution is -2.32. The van der Waals surface area contributed by atoms with Gasteiger partial charge < -0.3 is 4.90 Å². The van der Waals surface area contributed by atoms with Crippen LogP contribution in [0.3, 0.4) is 0 Å². The molecule has 1 unspecified atom stereocenters. The van der Waals surface area contributed by atoms with E-state index in [0.29, 0.717) is 23.0 Å². The van der Waals surface area contributed by atoms with Gasteiger partial charge in [-0.2, -0.15) is 0 Å². The minimum absolute atomic E-state index is 0.0816. The summed E-state index contributed by atoms with van der Waals surface area (Å²) < 4.78 is 27.3. The first-order valence-corrected chi connectivity index (χ1v) is 10.1. The number of hydrogen-bond acceptors (Lipinski definition) is 3. The van der Waals surface area contributed by atoms with Crippen molar-refractivity contribution in [1.29, 1.82) is 0 Å². The zero-order chi connectivity index (χ0) is 17.0. The predicted molar refractivity (Wildman–Crippen MR) is 98.8 cm³/mol. The van der Waals surface area contributed by atoms with Crippen molar-refractivity contribution in [3.8, 4) is 0 Å². The third-order valence-corrected chi connectivity index (χ3v) is 5.97. The highest BCUT2D eigenvalue weighted by Crippen LogP contribution is 2.23. The Bertz CT molecular complexity index is 781. The lowest BCUT2D eigenvalue weighted by Gasteiger charge is -2.18. The molecule has 0 aliphatic carbocycles. The number of benzene rings is 2. The van der Waals surface area contributed by atoms with Gasteiger partial charge in [0.05, 0.1) is 5.75 Å². The van der Waals surface area contributed by atoms with Gasteiger partial charge in [0, 0.05) is 30.3 Å². The fourth-order valence-electron chi connectivity index (χ4n) is 2.99. The van der Waals surface area contributed by atoms with Crippen LogP contribution in [0, 0.1) is 5.92 Å². The first-order chi connectivity index (χ1) is 11.5. The van der Waals surface area contributed by atoms with Crippen LogP contribution in [0.4, 0.5) is 5.69 Å². The van der Waals surface area contributed by atoms with Crippen molar-refractivity contribution in [2.45, 2.75) is 12.2 Å². The molecular weight excluding hydrogens is 344 g/mol. The van der Waals surface area contributed by atoms with E-state index >= 15 is 0 Å². The molecule has 1 atom stereocenters. The molecule has 1 aliphatic heterocycles. The molecule has 1 aliphatic rings. The van der Waals surface area contributed by atoms with Gasteiger partial charge in [0.25, 0.3) is 0 Å². The minimum Gasteiger partial charge on any atom is -0.371 e. The van der Waals surface area contributed by atoms with Crippen LogP contribution in [0.5, 0.6) is 0 Å². The second-order valence-corrected chi connectivity index (χ2v) is 8.35. The molecule has 1 saturated heterocycles. The number of para-hydroxylation sites is 1. The van der Waals surface area contributed by atoms with Gasteiger partial charge in [-0.3, -0.25) is 0 Å². The van der Waals surface area contributed by atoms with Crippen LogP contribution in [-0.2, 0) is 15.8 Å². The van der Waals surface area contributed by atoms with E-state index in [4.69, 9.17) is 11.6 Å². The van der Waals surface area contributed by atoms with Crippen molar-refractivity contribution in [3.05, 3.63) is 65.2 Å². The van der Waals surface area contributed by atoms with Gasteiger partial charge in [-0.15, -0.1) is 0 Å². The molecule has 0 spiro atoms. The van der Waals surface area contributed by atoms with Crippen LogP contribution in [0.2, 0.25) is 5.02 Å². The highest BCUT2D eigenvalue weighted by Gasteiger charge is 2.24. The molecule has 0 bridgehead atoms. The van der Waals surface area contributed by atoms with Crippen molar-refractivity contribution < 1.29 is 8.42 Å². The van der Waals surface area contributed by atoms with Crippen molar-refractivity contribution >= 4 is 27.3 Å². The van der Waals surface area contributed by atoms with Crippen LogP contribution in [0.25, 0.3) is 0 Å². The third kappa shape index (κ3) is 4.50. The molecule has 3 rings (SSSR count). The largest absolute Gasteiger partial charge is 0.371 e. The summed E-state index contributed by atoms with van der Waals surface area (Å²) in [5.41, 5.74) is 1.82. The van der Waals surface area contributed by atoms with Crippen molar-refractivity contribution in [1.82, 2.24) is 4.72 Å². The summed E-state index contributed by atoms with van der Waals surface area (Å²) in [6.07, 6.45) is 0.990. The molecule has 4 nitrogen and oxygen atoms in total. The Morgan fingerprint density at radius 2 is 1.79 bits per heavy atom. The number of halogens is 1. The molecule has 0 radical (unpaired) electrons. The van der Waals surface area contributed by atoms with Gasteiger partial charge in [0.15, 0.2) is 0 Å². The lowest BCUT2D eigenvalue weighted by atomic mass is 10.1. The van der Waals surface area contributed by atoms with Gasteiger partial charge in [-0.05, 0) is 36.1 Å². The Balaban J connectivity index is 1.53. The van der Waals surface area contributed by atoms with Crippen LogP contribution in [0.1, 0.15) is 12.0 Å². The number of rotatable bonds is 6. The van der Waals surface area contributed by atoms with Crippen LogP contribution < -0.4 is 9.62 Å². The second-order valence-electron chi connectivity index (χ2n) is 6.14. The molecular formula is C18H21ClN2O2S. The number of nitrogens with zero attached hydrogens (tertiary/aromatic N) is 1. The van der Waals surface area contributed by atoms with Crippen LogP contribution >= 0.6 is 11.6 Å². The zero-order valence-electron chi connectivity index (χ0n) is 13.4. The summed E-state index contributed by atoms with van der Waals surface area (Å²) >= 11 is 6.05. The van der Waals surface area contributed by atoms with Crippen LogP contribution in [-0.4, -0.2) is 28.1 Å². The Morgan fingerprint density at radius 3 is 2.54 bits per heavy atom. The highest BCUT2D eigenvalue weighted by molar-refractivity contribution is 7.88. The molecule has 128 valence electrons. The number of hydrogen-bond donors (Lipinski definition) is 1. The maximum Gasteiger partial charge on any atom is 0.215 e. The first-order valence-electron chi connectivity index (χ1n) is 8.04. The summed E-state index contributed by atoms with van der Waals surface area (Å²) in [7, 11) is -3.38. The molecule has 0 saturated carbocycles. The molecule has 2 aromatic carbocycles. The van der Waals surface area contributed by atoms with E-state index in [9.17, 15) is 8.42 Å². The van der Waals surface area contributed by atoms with E-state index in [1.165, 1.54) is 5.69 Å². The smallest absolute Gasteiger partial charge is 0.215 e. The molecule has 0 aromatic heterocycles. The molecule has 0 amide bonds. The summed E-state index contributed by atoms with van der Waals surface area (Å²) in [6.45, 7) is 2.30. The maximum absolute atomic E-state index is 12.3. The molecule has 2 aromatic rings. The van der Waals surface area contributed by atoms with Gasteiger partial charge >= 0.3 is 0 Å². The summed E-state index contributed by atoms with van der Waals surface area (Å²) in [6, 6.07) is 17.3. The minimum atomic E-state index is -3.38. The van der Waals surface area contributed by atoms with Crippen molar-refractivity contribution in [2.24, 2.45) is 5.92 Å². The van der Waals surface area contributed by atoms with Crippen molar-refractivity contribution in [2.75, 3.05) is 24.5 Å². The number of anilines is 1. The quantitative estimate of drug-likeness (QED) is 0.855. The highest BCUT2D eigenvalue weighted by atomic mass is 35.5. The maximum atomic E-state index is 12.3. The molecule has 1 fully saturated rings. The Hall–Kier alpha value is -1.56. The monoisotopic (exact) mass is 364 g/mol. The average Bonchev–Trinajstić information content (AvgIpc) is 3.05. The third-order valence-electron chi connectivity index (χ3n) is 4.30. The lowest BCUT2D eigenvalue weighted by molar-refractivity contribution is 0.541. The van der Waals surface area contributed by atoms with Gasteiger partial charge in [0.2, 0.25) is 10.0 Å². The fourth-order valence-corrected chi connectivity index (χ4v) is 4.52. The van der Waals surface area contributed by atoms with E-state index in [2.05, 4.69) is 21.8 Å². The van der Waals surface area contributed by atoms with E-state index in [1.807, 2.05) is 18.2 Å². The molecule has 6 heteroatoms. The van der Waals surface area contributed by atoms with E-state index in [0.717, 1.165) is 19.5 Å². The van der Waals surface area contributed by atoms with Crippen LogP contribution in [0.15, 0.2) is 54.6 Å². The summed E-state index contributed by atoms with van der Waals surface area (Å²) in [5.74, 6) is 0.244. The Labute approximate surface area is 148 Å². The second kappa shape index (κ2) is 7.55. The molecule has 1 N–H and O–H groups in total. The fraction of sp³-hybridized carbons (Fsp3) is 0.333. The topological polar surface area (TPSA) is 49.4 Å². The summed E-state index contributed by atoms with van der Waals surface area (Å²) in [5, 5.41) is 0.485. The number of nitrogens with one attached hydrogen (secondary N) is 1. The normalized spacial score (nSPS) is 18.0. The van der Waals surface area contributed by atoms with Crippen molar-refractivity contribution in [3.63, 3.8) is 0 Å². The Morgan fingerprint density at radius 1 is 1.08 bits per heavy atom. The van der Waals surface area contributed by atoms with Gasteiger partial charge in [0.1, 0.15) is 0 Å². The SMILES string of the molecule is O=S(=O)(Cc1ccccc1Cl)NCC1CCN(c2ccccc2)C1. The average molecular weight is 365 g/mol. The number of sulfonamides is 1. The molecule has 24 heavy (non-hydrogen) atoms. The predicted octanol–water partition coefficient (Wildman–Crippen LogP) is 3.29.